The van der Waals surface area contributed by atoms with Crippen LogP contribution in [0.4, 0.5) is 28.9 Å². The van der Waals surface area contributed by atoms with E-state index in [1.807, 2.05) is 9.80 Å². The Morgan fingerprint density at radius 3 is 1.31 bits per heavy atom. The average Bonchev–Trinajstić information content (AvgIpc) is 3.54. The van der Waals surface area contributed by atoms with Gasteiger partial charge in [-0.05, 0) is 112 Å². The minimum atomic E-state index is -2.37. The Balaban J connectivity index is 0.000000242. The van der Waals surface area contributed by atoms with E-state index >= 15 is 0 Å². The molecule has 8 rings (SSSR count). The van der Waals surface area contributed by atoms with Crippen LogP contribution in [0.2, 0.25) is 0 Å². The van der Waals surface area contributed by atoms with Crippen molar-refractivity contribution in [2.75, 3.05) is 72.8 Å². The van der Waals surface area contributed by atoms with Gasteiger partial charge in [0.2, 0.25) is 10.6 Å². The van der Waals surface area contributed by atoms with Gasteiger partial charge < -0.3 is 30.7 Å². The molecule has 2 fully saturated rings. The molecule has 2 unspecified atom stereocenters. The van der Waals surface area contributed by atoms with Crippen molar-refractivity contribution < 1.29 is 51.8 Å². The summed E-state index contributed by atoms with van der Waals surface area (Å²) >= 11 is 8.78. The third kappa shape index (κ3) is 18.3. The highest BCUT2D eigenvalue weighted by Gasteiger charge is 2.28. The summed E-state index contributed by atoms with van der Waals surface area (Å²) in [5, 5.41) is 8.69. The number of anilines is 2. The predicted octanol–water partition coefficient (Wildman–Crippen LogP) is 8.99. The molecule has 12 nitrogen and oxygen atoms in total. The average molecular weight is 1250 g/mol. The largest absolute Gasteiger partial charge is 0.369 e. The molecular formula is C58H57Br3F4N6O6. The summed E-state index contributed by atoms with van der Waals surface area (Å²) in [5.74, 6) is -5.94. The normalized spacial score (nSPS) is 15.0. The highest BCUT2D eigenvalue weighted by atomic mass is 79.9. The molecule has 2 atom stereocenters. The van der Waals surface area contributed by atoms with E-state index in [0.29, 0.717) is 67.1 Å². The van der Waals surface area contributed by atoms with Gasteiger partial charge >= 0.3 is 0 Å². The number of hydrogen-bond donors (Lipinski definition) is 3. The first-order valence-electron chi connectivity index (χ1n) is 26.3. The van der Waals surface area contributed by atoms with Crippen molar-refractivity contribution in [3.05, 3.63) is 202 Å². The Bertz CT molecular complexity index is 3160. The molecule has 0 saturated carbocycles. The number of piperazine rings is 2. The SMILES string of the molecule is O=C(Br)CBr.[2H]C([2H])(c1ccccc1)C(NC(=O)c1ccccc1F)C(=O)Cc1cc(F)ccc1N1CCN(C(=O)CBr)CC1.[2H]C([2H])(c1ccccc1)C(NC(=O)c1ccccc1F)C(=O)Cc1cc(F)ccc1N1CCNCC1. The highest BCUT2D eigenvalue weighted by molar-refractivity contribution is 9.19. The Hall–Kier alpha value is -6.54. The number of carbonyl (C=O) groups is 6. The van der Waals surface area contributed by atoms with Crippen molar-refractivity contribution in [2.45, 2.75) is 37.7 Å². The van der Waals surface area contributed by atoms with E-state index in [1.54, 1.807) is 53.4 Å². The van der Waals surface area contributed by atoms with Gasteiger partial charge in [0.1, 0.15) is 23.3 Å². The molecule has 2 aliphatic heterocycles. The van der Waals surface area contributed by atoms with E-state index in [0.717, 1.165) is 25.2 Å². The monoisotopic (exact) mass is 1250 g/mol. The lowest BCUT2D eigenvalue weighted by molar-refractivity contribution is -0.128. The first-order valence-corrected chi connectivity index (χ1v) is 27.3. The van der Waals surface area contributed by atoms with E-state index in [-0.39, 0.29) is 51.0 Å². The van der Waals surface area contributed by atoms with E-state index < -0.39 is 71.5 Å². The lowest BCUT2D eigenvalue weighted by atomic mass is 9.96. The number of rotatable bonds is 18. The van der Waals surface area contributed by atoms with E-state index in [9.17, 15) is 46.3 Å². The van der Waals surface area contributed by atoms with Gasteiger partial charge in [-0.2, -0.15) is 0 Å². The molecule has 2 aliphatic rings. The lowest BCUT2D eigenvalue weighted by Crippen LogP contribution is -2.49. The standard InChI is InChI=1S/C29H28BrF2N3O3.C27H27F2N3O2.C2H2Br2O/c30-19-28(37)35-14-12-34(13-15-35)26-11-10-22(31)17-21(26)18-27(36)25(16-20-6-2-1-3-7-20)33-29(38)23-8-4-5-9-24(23)32;28-21-10-11-25(32-14-12-30-13-15-32)20(17-21)18-26(33)24(16-19-6-2-1-3-7-19)31-27(34)22-8-4-5-9-23(22)29;3-1-2(4)5/h1-11,17,25H,12-16,18-19H2,(H,33,38);1-11,17,24,30H,12-16,18H2,(H,31,34);1H2/i2*16D2;. The minimum Gasteiger partial charge on any atom is -0.369 e. The van der Waals surface area contributed by atoms with Crippen molar-refractivity contribution in [3.63, 3.8) is 0 Å². The topological polar surface area (TPSA) is 148 Å². The van der Waals surface area contributed by atoms with Crippen LogP contribution in [0.15, 0.2) is 146 Å². The summed E-state index contributed by atoms with van der Waals surface area (Å²) in [6, 6.07) is 31.3. The number of hydrogen-bond acceptors (Lipinski definition) is 9. The van der Waals surface area contributed by atoms with Crippen LogP contribution in [0, 0.1) is 23.3 Å². The summed E-state index contributed by atoms with van der Waals surface area (Å²) in [6.07, 6.45) is -5.38. The quantitative estimate of drug-likeness (QED) is 0.0436. The number of Topliss-reactive ketones (excluding diaryl/α,β-unsaturated/α-hetero) is 2. The zero-order chi connectivity index (χ0) is 58.9. The number of alkyl halides is 2. The first-order chi connectivity index (χ1) is 38.7. The molecule has 2 heterocycles. The second-order valence-electron chi connectivity index (χ2n) is 17.4. The molecule has 19 heteroatoms. The maximum Gasteiger partial charge on any atom is 0.254 e. The zero-order valence-corrected chi connectivity index (χ0v) is 46.2. The van der Waals surface area contributed by atoms with Gasteiger partial charge in [-0.3, -0.25) is 28.8 Å². The predicted molar refractivity (Wildman–Crippen MR) is 301 cm³/mol. The molecule has 404 valence electrons. The summed E-state index contributed by atoms with van der Waals surface area (Å²) in [5.41, 5.74) is 1.69. The molecule has 2 saturated heterocycles. The maximum atomic E-state index is 14.4. The van der Waals surface area contributed by atoms with Crippen molar-refractivity contribution in [2.24, 2.45) is 0 Å². The molecule has 0 radical (unpaired) electrons. The van der Waals surface area contributed by atoms with Crippen LogP contribution in [0.5, 0.6) is 0 Å². The lowest BCUT2D eigenvalue weighted by Gasteiger charge is -2.37. The van der Waals surface area contributed by atoms with E-state index in [2.05, 4.69) is 63.7 Å². The minimum absolute atomic E-state index is 0.0162. The van der Waals surface area contributed by atoms with Gasteiger partial charge in [-0.25, -0.2) is 17.6 Å². The number of ketones is 2. The van der Waals surface area contributed by atoms with Gasteiger partial charge in [0.15, 0.2) is 11.6 Å². The number of amides is 3. The van der Waals surface area contributed by atoms with Crippen molar-refractivity contribution in [3.8, 4) is 0 Å². The third-order valence-electron chi connectivity index (χ3n) is 12.1. The fourth-order valence-electron chi connectivity index (χ4n) is 8.28. The summed E-state index contributed by atoms with van der Waals surface area (Å²) in [7, 11) is 0. The maximum absolute atomic E-state index is 14.4. The van der Waals surface area contributed by atoms with Gasteiger partial charge in [0.05, 0.1) is 33.9 Å². The molecule has 0 bridgehead atoms. The van der Waals surface area contributed by atoms with Crippen molar-refractivity contribution in [1.29, 1.82) is 0 Å². The zero-order valence-electron chi connectivity index (χ0n) is 45.4. The Labute approximate surface area is 476 Å². The van der Waals surface area contributed by atoms with Gasteiger partial charge in [-0.15, -0.1) is 0 Å². The van der Waals surface area contributed by atoms with Crippen LogP contribution in [-0.4, -0.2) is 114 Å². The number of halogens is 7. The molecule has 0 spiro atoms. The molecule has 3 amide bonds. The van der Waals surface area contributed by atoms with Crippen LogP contribution >= 0.6 is 47.8 Å². The fraction of sp³-hybridized carbons (Fsp3) is 0.276. The second kappa shape index (κ2) is 30.4. The second-order valence-corrected chi connectivity index (χ2v) is 19.4. The smallest absolute Gasteiger partial charge is 0.254 e. The number of nitrogens with zero attached hydrogens (tertiary/aromatic N) is 3. The van der Waals surface area contributed by atoms with Crippen molar-refractivity contribution in [1.82, 2.24) is 20.9 Å². The fourth-order valence-corrected chi connectivity index (χ4v) is 8.63. The summed E-state index contributed by atoms with van der Waals surface area (Å²) in [6.45, 7) is 4.65. The molecule has 0 aliphatic carbocycles. The Morgan fingerprint density at radius 1 is 0.532 bits per heavy atom. The molecule has 6 aromatic rings. The van der Waals surface area contributed by atoms with Crippen molar-refractivity contribution >= 4 is 93.1 Å². The highest BCUT2D eigenvalue weighted by Crippen LogP contribution is 2.27. The molecular weight excluding hydrogens is 1190 g/mol. The van der Waals surface area contributed by atoms with Crippen LogP contribution in [0.3, 0.4) is 0 Å². The molecule has 3 N–H and O–H groups in total. The molecule has 6 aromatic carbocycles. The Morgan fingerprint density at radius 2 is 0.922 bits per heavy atom. The van der Waals surface area contributed by atoms with Gasteiger partial charge in [0, 0.05) is 82.1 Å². The van der Waals surface area contributed by atoms with E-state index in [1.165, 1.54) is 84.9 Å². The number of benzene rings is 6. The molecule has 77 heavy (non-hydrogen) atoms. The van der Waals surface area contributed by atoms with Crippen LogP contribution in [0.25, 0.3) is 0 Å². The number of carbonyl (C=O) groups excluding carboxylic acids is 6. The van der Waals surface area contributed by atoms with E-state index in [4.69, 9.17) is 5.48 Å². The summed E-state index contributed by atoms with van der Waals surface area (Å²) in [4.78, 5) is 80.8. The van der Waals surface area contributed by atoms with Crippen LogP contribution in [0.1, 0.15) is 48.5 Å². The van der Waals surface area contributed by atoms with Gasteiger partial charge in [0.25, 0.3) is 11.8 Å². The van der Waals surface area contributed by atoms with Crippen LogP contribution in [-0.2, 0) is 44.8 Å². The summed E-state index contributed by atoms with van der Waals surface area (Å²) < 4.78 is 92.4. The first kappa shape index (κ1) is 53.8. The van der Waals surface area contributed by atoms with Gasteiger partial charge in [-0.1, -0.05) is 117 Å². The van der Waals surface area contributed by atoms with Crippen LogP contribution < -0.4 is 25.8 Å². The number of nitrogens with one attached hydrogen (secondary N) is 3. The molecule has 0 aromatic heterocycles. The third-order valence-corrected chi connectivity index (χ3v) is 14.1. The Kier molecular flexibility index (Phi) is 21.3.